The number of rotatable bonds is 6. The van der Waals surface area contributed by atoms with Crippen LogP contribution in [0.15, 0.2) is 18.2 Å². The Hall–Kier alpha value is -1.09. The summed E-state index contributed by atoms with van der Waals surface area (Å²) in [7, 11) is 1.52. The smallest absolute Gasteiger partial charge is 0.169 e. The summed E-state index contributed by atoms with van der Waals surface area (Å²) in [6.45, 7) is 12.1. The van der Waals surface area contributed by atoms with Crippen LogP contribution in [-0.2, 0) is 0 Å². The number of hydrogen-bond donors (Lipinski definition) is 1. The molecule has 1 aromatic carbocycles. The van der Waals surface area contributed by atoms with Crippen molar-refractivity contribution >= 4 is 0 Å². The second-order valence-corrected chi connectivity index (χ2v) is 7.22. The van der Waals surface area contributed by atoms with Gasteiger partial charge >= 0.3 is 0 Å². The molecule has 0 amide bonds. The maximum absolute atomic E-state index is 14.7. The molecule has 0 saturated heterocycles. The molecular formula is C18H28FNO. The maximum Gasteiger partial charge on any atom is 0.169 e. The standard InChI is InChI=1S/C18H28FNO/c1-7-11-20-15(16-17(2,3)18(16,4)5)12-9-8-10-13(21-6)14(12)19/h8-10,15-16,20H,7,11H2,1-6H3. The van der Waals surface area contributed by atoms with Gasteiger partial charge in [0.05, 0.1) is 7.11 Å². The lowest BCUT2D eigenvalue weighted by molar-refractivity contribution is 0.363. The summed E-state index contributed by atoms with van der Waals surface area (Å²) in [6, 6.07) is 5.47. The Morgan fingerprint density at radius 3 is 2.33 bits per heavy atom. The molecule has 118 valence electrons. The minimum Gasteiger partial charge on any atom is -0.494 e. The molecule has 3 heteroatoms. The van der Waals surface area contributed by atoms with Gasteiger partial charge in [-0.05, 0) is 35.8 Å². The van der Waals surface area contributed by atoms with E-state index in [2.05, 4.69) is 39.9 Å². The molecular weight excluding hydrogens is 265 g/mol. The molecule has 0 bridgehead atoms. The highest BCUT2D eigenvalue weighted by Crippen LogP contribution is 2.72. The molecule has 1 fully saturated rings. The Balaban J connectivity index is 2.39. The molecule has 1 aliphatic rings. The lowest BCUT2D eigenvalue weighted by Gasteiger charge is -2.22. The average Bonchev–Trinajstić information content (AvgIpc) is 2.83. The van der Waals surface area contributed by atoms with E-state index in [0.29, 0.717) is 11.7 Å². The first-order valence-corrected chi connectivity index (χ1v) is 7.84. The highest BCUT2D eigenvalue weighted by Gasteiger charge is 2.67. The SMILES string of the molecule is CCCNC(c1cccc(OC)c1F)C1C(C)(C)C1(C)C. The second-order valence-electron chi connectivity index (χ2n) is 7.22. The minimum absolute atomic E-state index is 0.0325. The first-order chi connectivity index (χ1) is 9.79. The first-order valence-electron chi connectivity index (χ1n) is 7.84. The van der Waals surface area contributed by atoms with E-state index in [1.54, 1.807) is 6.07 Å². The third kappa shape index (κ3) is 2.57. The Kier molecular flexibility index (Phi) is 4.34. The van der Waals surface area contributed by atoms with E-state index in [9.17, 15) is 4.39 Å². The zero-order valence-corrected chi connectivity index (χ0v) is 14.1. The zero-order valence-electron chi connectivity index (χ0n) is 14.1. The Morgan fingerprint density at radius 2 is 1.86 bits per heavy atom. The summed E-state index contributed by atoms with van der Waals surface area (Å²) in [4.78, 5) is 0. The van der Waals surface area contributed by atoms with Crippen LogP contribution in [-0.4, -0.2) is 13.7 Å². The van der Waals surface area contributed by atoms with Crippen molar-refractivity contribution in [2.24, 2.45) is 16.7 Å². The van der Waals surface area contributed by atoms with Gasteiger partial charge in [0.2, 0.25) is 0 Å². The highest BCUT2D eigenvalue weighted by molar-refractivity contribution is 5.36. The molecule has 0 spiro atoms. The van der Waals surface area contributed by atoms with Gasteiger partial charge in [0, 0.05) is 11.6 Å². The Morgan fingerprint density at radius 1 is 1.24 bits per heavy atom. The van der Waals surface area contributed by atoms with Crippen molar-refractivity contribution in [1.82, 2.24) is 5.32 Å². The zero-order chi connectivity index (χ0) is 15.8. The fourth-order valence-corrected chi connectivity index (χ4v) is 3.71. The maximum atomic E-state index is 14.7. The molecule has 0 radical (unpaired) electrons. The third-order valence-corrected chi connectivity index (χ3v) is 5.63. The molecule has 21 heavy (non-hydrogen) atoms. The van der Waals surface area contributed by atoms with Crippen LogP contribution in [0.4, 0.5) is 4.39 Å². The highest BCUT2D eigenvalue weighted by atomic mass is 19.1. The van der Waals surface area contributed by atoms with Crippen molar-refractivity contribution in [2.75, 3.05) is 13.7 Å². The Bertz CT molecular complexity index is 496. The predicted molar refractivity (Wildman–Crippen MR) is 85.0 cm³/mol. The van der Waals surface area contributed by atoms with Gasteiger partial charge in [0.25, 0.3) is 0 Å². The molecule has 1 N–H and O–H groups in total. The molecule has 2 nitrogen and oxygen atoms in total. The van der Waals surface area contributed by atoms with Crippen LogP contribution in [0, 0.1) is 22.6 Å². The number of nitrogens with one attached hydrogen (secondary N) is 1. The van der Waals surface area contributed by atoms with Gasteiger partial charge in [-0.1, -0.05) is 46.8 Å². The number of benzene rings is 1. The van der Waals surface area contributed by atoms with E-state index in [1.165, 1.54) is 7.11 Å². The van der Waals surface area contributed by atoms with E-state index >= 15 is 0 Å². The Labute approximate surface area is 128 Å². The van der Waals surface area contributed by atoms with E-state index in [0.717, 1.165) is 18.5 Å². The number of methoxy groups -OCH3 is 1. The molecule has 0 aromatic heterocycles. The predicted octanol–water partition coefficient (Wildman–Crippen LogP) is 4.56. The summed E-state index contributed by atoms with van der Waals surface area (Å²) in [5, 5.41) is 3.56. The van der Waals surface area contributed by atoms with Gasteiger partial charge in [-0.2, -0.15) is 0 Å². The number of ether oxygens (including phenoxy) is 1. The third-order valence-electron chi connectivity index (χ3n) is 5.63. The topological polar surface area (TPSA) is 21.3 Å². The van der Waals surface area contributed by atoms with E-state index in [4.69, 9.17) is 4.74 Å². The molecule has 0 heterocycles. The fourth-order valence-electron chi connectivity index (χ4n) is 3.71. The normalized spacial score (nSPS) is 21.1. The number of hydrogen-bond acceptors (Lipinski definition) is 2. The summed E-state index contributed by atoms with van der Waals surface area (Å²) >= 11 is 0. The fraction of sp³-hybridized carbons (Fsp3) is 0.667. The van der Waals surface area contributed by atoms with Gasteiger partial charge in [0.15, 0.2) is 11.6 Å². The van der Waals surface area contributed by atoms with Crippen LogP contribution in [0.5, 0.6) is 5.75 Å². The van der Waals surface area contributed by atoms with Crippen LogP contribution in [0.3, 0.4) is 0 Å². The van der Waals surface area contributed by atoms with Crippen molar-refractivity contribution in [3.8, 4) is 5.75 Å². The van der Waals surface area contributed by atoms with E-state index < -0.39 is 0 Å². The first kappa shape index (κ1) is 16.3. The van der Waals surface area contributed by atoms with Gasteiger partial charge in [-0.3, -0.25) is 0 Å². The summed E-state index contributed by atoms with van der Waals surface area (Å²) < 4.78 is 19.8. The molecule has 2 rings (SSSR count). The van der Waals surface area contributed by atoms with Gasteiger partial charge in [-0.15, -0.1) is 0 Å². The monoisotopic (exact) mass is 293 g/mol. The van der Waals surface area contributed by atoms with Crippen molar-refractivity contribution in [3.63, 3.8) is 0 Å². The molecule has 0 aliphatic heterocycles. The minimum atomic E-state index is -0.230. The summed E-state index contributed by atoms with van der Waals surface area (Å²) in [6.07, 6.45) is 1.04. The van der Waals surface area contributed by atoms with Crippen LogP contribution in [0.2, 0.25) is 0 Å². The van der Waals surface area contributed by atoms with Crippen LogP contribution in [0.1, 0.15) is 52.6 Å². The van der Waals surface area contributed by atoms with Crippen LogP contribution < -0.4 is 10.1 Å². The van der Waals surface area contributed by atoms with Crippen LogP contribution in [0.25, 0.3) is 0 Å². The molecule has 1 unspecified atom stereocenters. The lowest BCUT2D eigenvalue weighted by Crippen LogP contribution is -2.27. The van der Waals surface area contributed by atoms with Crippen LogP contribution >= 0.6 is 0 Å². The average molecular weight is 293 g/mol. The van der Waals surface area contributed by atoms with Crippen molar-refractivity contribution in [1.29, 1.82) is 0 Å². The van der Waals surface area contributed by atoms with Gasteiger partial charge in [0.1, 0.15) is 0 Å². The largest absolute Gasteiger partial charge is 0.494 e. The lowest BCUT2D eigenvalue weighted by atomic mass is 9.95. The van der Waals surface area contributed by atoms with Gasteiger partial charge in [-0.25, -0.2) is 4.39 Å². The summed E-state index contributed by atoms with van der Waals surface area (Å²) in [5.41, 5.74) is 1.13. The van der Waals surface area contributed by atoms with Crippen molar-refractivity contribution < 1.29 is 9.13 Å². The number of halogens is 1. The van der Waals surface area contributed by atoms with Crippen molar-refractivity contribution in [2.45, 2.75) is 47.1 Å². The van der Waals surface area contributed by atoms with Crippen molar-refractivity contribution in [3.05, 3.63) is 29.6 Å². The van der Waals surface area contributed by atoms with E-state index in [-0.39, 0.29) is 22.7 Å². The quantitative estimate of drug-likeness (QED) is 0.830. The second kappa shape index (κ2) is 5.60. The molecule has 1 saturated carbocycles. The molecule has 1 aromatic rings. The molecule has 1 atom stereocenters. The van der Waals surface area contributed by atoms with Gasteiger partial charge < -0.3 is 10.1 Å². The summed E-state index contributed by atoms with van der Waals surface area (Å²) in [5.74, 6) is 0.511. The molecule has 1 aliphatic carbocycles. The van der Waals surface area contributed by atoms with E-state index in [1.807, 2.05) is 12.1 Å².